The zero-order valence-electron chi connectivity index (χ0n) is 31.1. The first kappa shape index (κ1) is 43.2. The summed E-state index contributed by atoms with van der Waals surface area (Å²) in [5, 5.41) is 6.49. The van der Waals surface area contributed by atoms with Gasteiger partial charge in [-0.25, -0.2) is 22.7 Å². The lowest BCUT2D eigenvalue weighted by atomic mass is 10.0. The second-order valence-corrected chi connectivity index (χ2v) is 15.4. The molecule has 50 heavy (non-hydrogen) atoms. The monoisotopic (exact) mass is 719 g/mol. The topological polar surface area (TPSA) is 127 Å². The zero-order valence-corrected chi connectivity index (χ0v) is 31.9. The van der Waals surface area contributed by atoms with E-state index in [1.807, 2.05) is 54.1 Å². The number of fused-ring (bicyclic) bond motifs is 1. The average Bonchev–Trinajstić information content (AvgIpc) is 3.11. The first-order chi connectivity index (χ1) is 24.3. The van der Waals surface area contributed by atoms with Crippen molar-refractivity contribution in [3.8, 4) is 0 Å². The van der Waals surface area contributed by atoms with Gasteiger partial charge in [0, 0.05) is 37.0 Å². The van der Waals surface area contributed by atoms with Crippen molar-refractivity contribution in [1.82, 2.24) is 15.4 Å². The van der Waals surface area contributed by atoms with Gasteiger partial charge in [0.2, 0.25) is 15.5 Å². The standard InChI is InChI=1S/C39H66N4O6S/c1-3-5-7-8-9-10-11-12-13-14-15-16-17-18-19-22-28-40-38(44)49-34-36(42-39(45)48-31-6-4-2)33-41-50(46,47)32-24-30-43-29-23-26-35-25-20-21-27-37(35)43/h20-21,23,25-27,29,36,41H,3-19,22,24,28,30-34H2,1-2H3,(H-,40,42,44,45)/p+1. The fourth-order valence-corrected chi connectivity index (χ4v) is 7.01. The SMILES string of the molecule is CCCCCCCCCCCCCCCCCCNC(=O)OCC(CNS(=O)(=O)CCC[n+]1cccc2ccccc21)NC(=O)OCCCC. The van der Waals surface area contributed by atoms with Crippen molar-refractivity contribution in [3.05, 3.63) is 42.6 Å². The van der Waals surface area contributed by atoms with E-state index >= 15 is 0 Å². The maximum Gasteiger partial charge on any atom is 0.407 e. The summed E-state index contributed by atoms with van der Waals surface area (Å²) in [7, 11) is -3.65. The quantitative estimate of drug-likeness (QED) is 0.0551. The molecule has 1 atom stereocenters. The first-order valence-corrected chi connectivity index (χ1v) is 21.2. The number of aromatic nitrogens is 1. The van der Waals surface area contributed by atoms with Gasteiger partial charge in [-0.3, -0.25) is 0 Å². The van der Waals surface area contributed by atoms with Crippen LogP contribution in [-0.4, -0.2) is 58.7 Å². The highest BCUT2D eigenvalue weighted by atomic mass is 32.2. The number of carbonyl (C=O) groups is 2. The van der Waals surface area contributed by atoms with Gasteiger partial charge in [0.25, 0.3) is 0 Å². The number of rotatable bonds is 30. The largest absolute Gasteiger partial charge is 0.450 e. The van der Waals surface area contributed by atoms with Gasteiger partial charge >= 0.3 is 12.2 Å². The van der Waals surface area contributed by atoms with E-state index in [0.29, 0.717) is 19.5 Å². The van der Waals surface area contributed by atoms with E-state index in [0.717, 1.165) is 43.0 Å². The summed E-state index contributed by atoms with van der Waals surface area (Å²) >= 11 is 0. The van der Waals surface area contributed by atoms with Crippen molar-refractivity contribution >= 4 is 33.1 Å². The number of alkyl carbamates (subject to hydrolysis) is 2. The molecule has 0 aliphatic heterocycles. The van der Waals surface area contributed by atoms with Crippen molar-refractivity contribution in [1.29, 1.82) is 0 Å². The van der Waals surface area contributed by atoms with E-state index in [9.17, 15) is 18.0 Å². The first-order valence-electron chi connectivity index (χ1n) is 19.5. The molecule has 0 saturated heterocycles. The molecule has 2 aromatic rings. The maximum absolute atomic E-state index is 12.8. The van der Waals surface area contributed by atoms with Crippen molar-refractivity contribution in [3.63, 3.8) is 0 Å². The van der Waals surface area contributed by atoms with Gasteiger partial charge in [-0.1, -0.05) is 129 Å². The van der Waals surface area contributed by atoms with Crippen molar-refractivity contribution in [2.24, 2.45) is 0 Å². The van der Waals surface area contributed by atoms with Crippen LogP contribution < -0.4 is 19.9 Å². The van der Waals surface area contributed by atoms with Crippen LogP contribution in [0.1, 0.15) is 136 Å². The van der Waals surface area contributed by atoms with Crippen LogP contribution in [0.15, 0.2) is 42.6 Å². The molecule has 10 nitrogen and oxygen atoms in total. The highest BCUT2D eigenvalue weighted by Crippen LogP contribution is 2.14. The Labute approximate surface area is 302 Å². The van der Waals surface area contributed by atoms with Gasteiger partial charge in [0.15, 0.2) is 6.20 Å². The van der Waals surface area contributed by atoms with Gasteiger partial charge < -0.3 is 20.1 Å². The lowest BCUT2D eigenvalue weighted by Crippen LogP contribution is -2.48. The Morgan fingerprint density at radius 2 is 1.28 bits per heavy atom. The number of benzene rings is 1. The van der Waals surface area contributed by atoms with Crippen LogP contribution in [0, 0.1) is 0 Å². The van der Waals surface area contributed by atoms with Crippen LogP contribution in [0.25, 0.3) is 10.9 Å². The van der Waals surface area contributed by atoms with Gasteiger partial charge in [0.1, 0.15) is 13.2 Å². The lowest BCUT2D eigenvalue weighted by Gasteiger charge is -2.19. The molecule has 284 valence electrons. The molecule has 1 aromatic carbocycles. The molecular weight excluding hydrogens is 653 g/mol. The number of para-hydroxylation sites is 1. The third kappa shape index (κ3) is 21.3. The predicted molar refractivity (Wildman–Crippen MR) is 203 cm³/mol. The van der Waals surface area contributed by atoms with Gasteiger partial charge in [-0.2, -0.15) is 4.57 Å². The molecule has 0 aliphatic carbocycles. The van der Waals surface area contributed by atoms with Crippen LogP contribution in [-0.2, 0) is 26.0 Å². The minimum Gasteiger partial charge on any atom is -0.450 e. The van der Waals surface area contributed by atoms with E-state index in [-0.39, 0.29) is 25.5 Å². The Kier molecular flexibility index (Phi) is 24.0. The van der Waals surface area contributed by atoms with E-state index < -0.39 is 28.3 Å². The summed E-state index contributed by atoms with van der Waals surface area (Å²) in [6.07, 6.45) is 23.3. The van der Waals surface area contributed by atoms with E-state index in [4.69, 9.17) is 9.47 Å². The fourth-order valence-electron chi connectivity index (χ4n) is 5.90. The highest BCUT2D eigenvalue weighted by Gasteiger charge is 2.20. The summed E-state index contributed by atoms with van der Waals surface area (Å²) in [6.45, 7) is 5.24. The number of sulfonamides is 1. The Morgan fingerprint density at radius 1 is 0.700 bits per heavy atom. The molecule has 1 heterocycles. The Hall–Kier alpha value is -2.92. The van der Waals surface area contributed by atoms with Crippen LogP contribution in [0.4, 0.5) is 9.59 Å². The van der Waals surface area contributed by atoms with E-state index in [1.165, 1.54) is 83.5 Å². The molecule has 0 aliphatic rings. The van der Waals surface area contributed by atoms with Gasteiger partial charge in [0.05, 0.1) is 18.4 Å². The predicted octanol–water partition coefficient (Wildman–Crippen LogP) is 8.32. The van der Waals surface area contributed by atoms with Gasteiger partial charge in [-0.15, -0.1) is 0 Å². The molecule has 2 rings (SSSR count). The van der Waals surface area contributed by atoms with E-state index in [1.54, 1.807) is 0 Å². The number of aryl methyl sites for hydroxylation is 1. The maximum atomic E-state index is 12.8. The number of amides is 2. The zero-order chi connectivity index (χ0) is 36.1. The highest BCUT2D eigenvalue weighted by molar-refractivity contribution is 7.89. The smallest absolute Gasteiger partial charge is 0.407 e. The molecule has 0 bridgehead atoms. The Bertz CT molecular complexity index is 1290. The van der Waals surface area contributed by atoms with Crippen molar-refractivity contribution < 1.29 is 32.0 Å². The third-order valence-electron chi connectivity index (χ3n) is 8.92. The third-order valence-corrected chi connectivity index (χ3v) is 10.4. The molecule has 0 spiro atoms. The number of pyridine rings is 1. The van der Waals surface area contributed by atoms with Crippen LogP contribution >= 0.6 is 0 Å². The van der Waals surface area contributed by atoms with Crippen molar-refractivity contribution in [2.45, 2.75) is 148 Å². The number of nitrogens with zero attached hydrogens (tertiary/aromatic N) is 1. The summed E-state index contributed by atoms with van der Waals surface area (Å²) in [6, 6.07) is 11.1. The molecule has 0 radical (unpaired) electrons. The minimum absolute atomic E-state index is 0.0858. The summed E-state index contributed by atoms with van der Waals surface area (Å²) in [5.74, 6) is -0.0858. The number of unbranched alkanes of at least 4 members (excludes halogenated alkanes) is 16. The lowest BCUT2D eigenvalue weighted by molar-refractivity contribution is -0.671. The molecule has 11 heteroatoms. The summed E-state index contributed by atoms with van der Waals surface area (Å²) in [4.78, 5) is 24.7. The van der Waals surface area contributed by atoms with Crippen molar-refractivity contribution in [2.75, 3.05) is 32.1 Å². The molecule has 1 unspecified atom stereocenters. The molecule has 2 amide bonds. The molecular formula is C39H67N4O6S+. The number of hydrogen-bond acceptors (Lipinski definition) is 6. The molecule has 0 saturated carbocycles. The van der Waals surface area contributed by atoms with Crippen LogP contribution in [0.3, 0.4) is 0 Å². The number of ether oxygens (including phenoxy) is 2. The minimum atomic E-state index is -3.65. The summed E-state index contributed by atoms with van der Waals surface area (Å²) < 4.78 is 40.8. The average molecular weight is 720 g/mol. The second kappa shape index (κ2) is 27.8. The fraction of sp³-hybridized carbons (Fsp3) is 0.718. The number of nitrogens with one attached hydrogen (secondary N) is 3. The van der Waals surface area contributed by atoms with Crippen LogP contribution in [0.5, 0.6) is 0 Å². The number of carbonyl (C=O) groups excluding carboxylic acids is 2. The summed E-state index contributed by atoms with van der Waals surface area (Å²) in [5.41, 5.74) is 1.04. The second-order valence-electron chi connectivity index (χ2n) is 13.4. The number of hydrogen-bond donors (Lipinski definition) is 3. The van der Waals surface area contributed by atoms with E-state index in [2.05, 4.69) is 22.3 Å². The normalized spacial score (nSPS) is 12.1. The molecule has 1 aromatic heterocycles. The van der Waals surface area contributed by atoms with Gasteiger partial charge in [-0.05, 0) is 25.0 Å². The Balaban J connectivity index is 1.61. The van der Waals surface area contributed by atoms with Crippen LogP contribution in [0.2, 0.25) is 0 Å². The molecule has 0 fully saturated rings. The Morgan fingerprint density at radius 3 is 1.92 bits per heavy atom. The molecule has 3 N–H and O–H groups in total.